The summed E-state index contributed by atoms with van der Waals surface area (Å²) in [5, 5.41) is 9.23. The van der Waals surface area contributed by atoms with Crippen molar-refractivity contribution in [2.75, 3.05) is 13.1 Å². The molecule has 0 spiro atoms. The van der Waals surface area contributed by atoms with Crippen molar-refractivity contribution in [2.24, 2.45) is 7.05 Å². The molecule has 3 aromatic heterocycles. The van der Waals surface area contributed by atoms with Crippen molar-refractivity contribution in [2.45, 2.75) is 38.5 Å². The molecule has 0 radical (unpaired) electrons. The number of aromatic nitrogens is 4. The fraction of sp³-hybridized carbons (Fsp3) is 0.391. The molecule has 0 aliphatic carbocycles. The topological polar surface area (TPSA) is 67.1 Å². The van der Waals surface area contributed by atoms with Gasteiger partial charge in [0.1, 0.15) is 11.8 Å². The SMILES string of the molecule is CC(C)c1c(-c2ccc3c(=O)n(C)cnn23)[nH]c2ccc(C3CCNCC3)cc12. The van der Waals surface area contributed by atoms with Crippen molar-refractivity contribution in [3.63, 3.8) is 0 Å². The lowest BCUT2D eigenvalue weighted by atomic mass is 9.88. The number of rotatable bonds is 3. The average Bonchev–Trinajstić information content (AvgIpc) is 3.32. The van der Waals surface area contributed by atoms with E-state index in [0.717, 1.165) is 30.0 Å². The Hall–Kier alpha value is -2.86. The van der Waals surface area contributed by atoms with Crippen LogP contribution < -0.4 is 10.9 Å². The van der Waals surface area contributed by atoms with Gasteiger partial charge in [-0.15, -0.1) is 0 Å². The van der Waals surface area contributed by atoms with Gasteiger partial charge in [-0.25, -0.2) is 4.52 Å². The van der Waals surface area contributed by atoms with Gasteiger partial charge in [0, 0.05) is 18.0 Å². The summed E-state index contributed by atoms with van der Waals surface area (Å²) in [6.45, 7) is 6.64. The van der Waals surface area contributed by atoms with E-state index in [2.05, 4.69) is 47.4 Å². The highest BCUT2D eigenvalue weighted by Gasteiger charge is 2.22. The number of nitrogens with zero attached hydrogens (tertiary/aromatic N) is 3. The number of nitrogens with one attached hydrogen (secondary N) is 2. The monoisotopic (exact) mass is 389 g/mol. The summed E-state index contributed by atoms with van der Waals surface area (Å²) >= 11 is 0. The second-order valence-electron chi connectivity index (χ2n) is 8.46. The van der Waals surface area contributed by atoms with Gasteiger partial charge in [0.05, 0.1) is 11.4 Å². The smallest absolute Gasteiger partial charge is 0.277 e. The minimum Gasteiger partial charge on any atom is -0.353 e. The van der Waals surface area contributed by atoms with E-state index in [1.807, 2.05) is 12.1 Å². The molecule has 4 aromatic rings. The van der Waals surface area contributed by atoms with Crippen LogP contribution in [-0.2, 0) is 7.05 Å². The molecule has 2 N–H and O–H groups in total. The fourth-order valence-electron chi connectivity index (χ4n) is 4.71. The molecule has 0 saturated carbocycles. The molecule has 1 saturated heterocycles. The minimum atomic E-state index is -0.0401. The second-order valence-corrected chi connectivity index (χ2v) is 8.46. The maximum atomic E-state index is 12.5. The van der Waals surface area contributed by atoms with Gasteiger partial charge in [-0.3, -0.25) is 9.36 Å². The Balaban J connectivity index is 1.71. The summed E-state index contributed by atoms with van der Waals surface area (Å²) < 4.78 is 3.27. The van der Waals surface area contributed by atoms with Crippen LogP contribution in [0.25, 0.3) is 27.8 Å². The Kier molecular flexibility index (Phi) is 4.32. The fourth-order valence-corrected chi connectivity index (χ4v) is 4.71. The van der Waals surface area contributed by atoms with E-state index in [1.165, 1.54) is 33.9 Å². The number of fused-ring (bicyclic) bond motifs is 2. The van der Waals surface area contributed by atoms with Crippen molar-refractivity contribution in [1.29, 1.82) is 0 Å². The number of aryl methyl sites for hydroxylation is 1. The second kappa shape index (κ2) is 6.88. The lowest BCUT2D eigenvalue weighted by molar-refractivity contribution is 0.460. The van der Waals surface area contributed by atoms with Gasteiger partial charge in [-0.2, -0.15) is 5.10 Å². The van der Waals surface area contributed by atoms with E-state index in [4.69, 9.17) is 0 Å². The zero-order valence-electron chi connectivity index (χ0n) is 17.2. The largest absolute Gasteiger partial charge is 0.353 e. The number of hydrogen-bond donors (Lipinski definition) is 2. The maximum Gasteiger partial charge on any atom is 0.277 e. The van der Waals surface area contributed by atoms with Crippen LogP contribution >= 0.6 is 0 Å². The van der Waals surface area contributed by atoms with Crippen molar-refractivity contribution < 1.29 is 0 Å². The van der Waals surface area contributed by atoms with E-state index < -0.39 is 0 Å². The van der Waals surface area contributed by atoms with Crippen LogP contribution in [0.5, 0.6) is 0 Å². The summed E-state index contributed by atoms with van der Waals surface area (Å²) in [4.78, 5) is 16.1. The molecule has 6 nitrogen and oxygen atoms in total. The first-order valence-corrected chi connectivity index (χ1v) is 10.4. The quantitative estimate of drug-likeness (QED) is 0.560. The first-order valence-electron chi connectivity index (χ1n) is 10.4. The van der Waals surface area contributed by atoms with Crippen LogP contribution in [0.1, 0.15) is 49.7 Å². The Morgan fingerprint density at radius 2 is 1.93 bits per heavy atom. The first kappa shape index (κ1) is 18.2. The van der Waals surface area contributed by atoms with Crippen LogP contribution in [0.2, 0.25) is 0 Å². The van der Waals surface area contributed by atoms with Crippen LogP contribution in [-0.4, -0.2) is 32.3 Å². The van der Waals surface area contributed by atoms with Gasteiger partial charge >= 0.3 is 0 Å². The van der Waals surface area contributed by atoms with Gasteiger partial charge in [-0.05, 0) is 73.2 Å². The molecule has 1 aliphatic rings. The Labute approximate surface area is 169 Å². The molecule has 0 atom stereocenters. The molecule has 0 bridgehead atoms. The van der Waals surface area contributed by atoms with Gasteiger partial charge in [0.25, 0.3) is 5.56 Å². The predicted molar refractivity (Wildman–Crippen MR) is 117 cm³/mol. The van der Waals surface area contributed by atoms with Gasteiger partial charge in [-0.1, -0.05) is 19.9 Å². The summed E-state index contributed by atoms with van der Waals surface area (Å²) in [5.41, 5.74) is 6.39. The third-order valence-electron chi connectivity index (χ3n) is 6.24. The molecule has 29 heavy (non-hydrogen) atoms. The molecular formula is C23H27N5O. The molecule has 1 aromatic carbocycles. The zero-order valence-corrected chi connectivity index (χ0v) is 17.2. The van der Waals surface area contributed by atoms with Gasteiger partial charge < -0.3 is 10.3 Å². The van der Waals surface area contributed by atoms with Crippen LogP contribution in [0.4, 0.5) is 0 Å². The van der Waals surface area contributed by atoms with Gasteiger partial charge in [0.2, 0.25) is 0 Å². The highest BCUT2D eigenvalue weighted by molar-refractivity contribution is 5.92. The van der Waals surface area contributed by atoms with Crippen molar-refractivity contribution in [3.8, 4) is 11.4 Å². The summed E-state index contributed by atoms with van der Waals surface area (Å²) in [6, 6.07) is 10.7. The molecule has 1 fully saturated rings. The summed E-state index contributed by atoms with van der Waals surface area (Å²) in [7, 11) is 1.73. The number of piperidine rings is 1. The Morgan fingerprint density at radius 3 is 2.69 bits per heavy atom. The lowest BCUT2D eigenvalue weighted by Crippen LogP contribution is -2.26. The van der Waals surface area contributed by atoms with Crippen molar-refractivity contribution in [3.05, 3.63) is 58.1 Å². The first-order chi connectivity index (χ1) is 14.0. The predicted octanol–water partition coefficient (Wildman–Crippen LogP) is 3.77. The number of benzene rings is 1. The standard InChI is InChI=1S/C23H27N5O/c1-14(2)21-17-12-16(15-8-10-24-11-9-15)4-5-18(17)26-22(21)19-6-7-20-23(29)27(3)13-25-28(19)20/h4-7,12-15,24,26H,8-11H2,1-3H3. The van der Waals surface area contributed by atoms with Crippen molar-refractivity contribution in [1.82, 2.24) is 24.5 Å². The van der Waals surface area contributed by atoms with Crippen LogP contribution in [0.15, 0.2) is 41.5 Å². The molecular weight excluding hydrogens is 362 g/mol. The van der Waals surface area contributed by atoms with Crippen LogP contribution in [0, 0.1) is 0 Å². The molecule has 6 heteroatoms. The third-order valence-corrected chi connectivity index (χ3v) is 6.24. The molecule has 5 rings (SSSR count). The van der Waals surface area contributed by atoms with E-state index >= 15 is 0 Å². The zero-order chi connectivity index (χ0) is 20.1. The maximum absolute atomic E-state index is 12.5. The Morgan fingerprint density at radius 1 is 1.14 bits per heavy atom. The third kappa shape index (κ3) is 2.90. The summed E-state index contributed by atoms with van der Waals surface area (Å²) in [6.07, 6.45) is 3.96. The molecule has 0 amide bonds. The normalized spacial score (nSPS) is 15.7. The molecule has 1 aliphatic heterocycles. The van der Waals surface area contributed by atoms with Crippen LogP contribution in [0.3, 0.4) is 0 Å². The molecule has 150 valence electrons. The lowest BCUT2D eigenvalue weighted by Gasteiger charge is -2.23. The minimum absolute atomic E-state index is 0.0401. The highest BCUT2D eigenvalue weighted by atomic mass is 16.1. The molecule has 0 unspecified atom stereocenters. The van der Waals surface area contributed by atoms with E-state index in [9.17, 15) is 4.79 Å². The molecule has 4 heterocycles. The average molecular weight is 390 g/mol. The van der Waals surface area contributed by atoms with Crippen molar-refractivity contribution >= 4 is 16.4 Å². The van der Waals surface area contributed by atoms with E-state index in [0.29, 0.717) is 17.4 Å². The number of H-pyrrole nitrogens is 1. The Bertz CT molecular complexity index is 1250. The van der Waals surface area contributed by atoms with E-state index in [1.54, 1.807) is 17.9 Å². The number of hydrogen-bond acceptors (Lipinski definition) is 3. The van der Waals surface area contributed by atoms with E-state index in [-0.39, 0.29) is 5.56 Å². The highest BCUT2D eigenvalue weighted by Crippen LogP contribution is 2.38. The summed E-state index contributed by atoms with van der Waals surface area (Å²) in [5.74, 6) is 0.969. The van der Waals surface area contributed by atoms with Gasteiger partial charge in [0.15, 0.2) is 0 Å². The number of aromatic amines is 1.